The molecule has 0 radical (unpaired) electrons. The van der Waals surface area contributed by atoms with Crippen LogP contribution in [0, 0.1) is 12.8 Å². The SMILES string of the molecule is CCc1ccccc1NC(=O)C1CCCN(C(=O)c2cccc(C)c2)C1. The smallest absolute Gasteiger partial charge is 0.253 e. The highest BCUT2D eigenvalue weighted by Gasteiger charge is 2.29. The molecule has 1 N–H and O–H groups in total. The summed E-state index contributed by atoms with van der Waals surface area (Å²) in [6.07, 6.45) is 2.54. The molecule has 1 heterocycles. The van der Waals surface area contributed by atoms with E-state index in [1.807, 2.05) is 60.4 Å². The van der Waals surface area contributed by atoms with Gasteiger partial charge < -0.3 is 10.2 Å². The van der Waals surface area contributed by atoms with E-state index in [1.165, 1.54) is 0 Å². The van der Waals surface area contributed by atoms with Gasteiger partial charge in [0.15, 0.2) is 0 Å². The first-order chi connectivity index (χ1) is 12.6. The number of piperidine rings is 1. The highest BCUT2D eigenvalue weighted by molar-refractivity contribution is 5.96. The number of hydrogen-bond donors (Lipinski definition) is 1. The van der Waals surface area contributed by atoms with Gasteiger partial charge >= 0.3 is 0 Å². The maximum absolute atomic E-state index is 12.8. The zero-order valence-electron chi connectivity index (χ0n) is 15.5. The second-order valence-electron chi connectivity index (χ2n) is 6.96. The third-order valence-electron chi connectivity index (χ3n) is 5.00. The highest BCUT2D eigenvalue weighted by Crippen LogP contribution is 2.22. The van der Waals surface area contributed by atoms with Crippen molar-refractivity contribution >= 4 is 17.5 Å². The Kier molecular flexibility index (Phi) is 5.71. The number of benzene rings is 2. The van der Waals surface area contributed by atoms with Crippen molar-refractivity contribution in [1.82, 2.24) is 4.90 Å². The first-order valence-corrected chi connectivity index (χ1v) is 9.33. The predicted molar refractivity (Wildman–Crippen MR) is 104 cm³/mol. The van der Waals surface area contributed by atoms with Crippen molar-refractivity contribution in [2.45, 2.75) is 33.1 Å². The zero-order chi connectivity index (χ0) is 18.5. The van der Waals surface area contributed by atoms with Crippen molar-refractivity contribution in [3.05, 3.63) is 65.2 Å². The van der Waals surface area contributed by atoms with Crippen molar-refractivity contribution < 1.29 is 9.59 Å². The lowest BCUT2D eigenvalue weighted by Gasteiger charge is -2.32. The summed E-state index contributed by atoms with van der Waals surface area (Å²) in [5.41, 5.74) is 3.77. The molecule has 1 unspecified atom stereocenters. The molecule has 4 nitrogen and oxygen atoms in total. The molecule has 4 heteroatoms. The monoisotopic (exact) mass is 350 g/mol. The molecule has 0 saturated carbocycles. The van der Waals surface area contributed by atoms with Gasteiger partial charge in [0, 0.05) is 24.3 Å². The Morgan fingerprint density at radius 2 is 1.96 bits per heavy atom. The van der Waals surface area contributed by atoms with E-state index in [1.54, 1.807) is 0 Å². The third-order valence-corrected chi connectivity index (χ3v) is 5.00. The van der Waals surface area contributed by atoms with Crippen molar-refractivity contribution in [2.75, 3.05) is 18.4 Å². The van der Waals surface area contributed by atoms with Crippen molar-refractivity contribution in [3.63, 3.8) is 0 Å². The number of amides is 2. The summed E-state index contributed by atoms with van der Waals surface area (Å²) in [5, 5.41) is 3.06. The van der Waals surface area contributed by atoms with Gasteiger partial charge in [-0.3, -0.25) is 9.59 Å². The van der Waals surface area contributed by atoms with Gasteiger partial charge in [0.1, 0.15) is 0 Å². The van der Waals surface area contributed by atoms with E-state index >= 15 is 0 Å². The molecule has 0 aliphatic carbocycles. The summed E-state index contributed by atoms with van der Waals surface area (Å²) >= 11 is 0. The summed E-state index contributed by atoms with van der Waals surface area (Å²) in [7, 11) is 0. The van der Waals surface area contributed by atoms with Crippen LogP contribution in [0.15, 0.2) is 48.5 Å². The molecular formula is C22H26N2O2. The minimum Gasteiger partial charge on any atom is -0.338 e. The first-order valence-electron chi connectivity index (χ1n) is 9.33. The van der Waals surface area contributed by atoms with Crippen LogP contribution < -0.4 is 5.32 Å². The van der Waals surface area contributed by atoms with E-state index < -0.39 is 0 Å². The molecule has 26 heavy (non-hydrogen) atoms. The molecule has 1 atom stereocenters. The number of likely N-dealkylation sites (tertiary alicyclic amines) is 1. The van der Waals surface area contributed by atoms with Crippen LogP contribution in [0.5, 0.6) is 0 Å². The Morgan fingerprint density at radius 3 is 2.73 bits per heavy atom. The molecule has 1 fully saturated rings. The molecule has 2 aromatic rings. The van der Waals surface area contributed by atoms with Gasteiger partial charge in [-0.2, -0.15) is 0 Å². The van der Waals surface area contributed by atoms with Crippen LogP contribution in [0.4, 0.5) is 5.69 Å². The van der Waals surface area contributed by atoms with Gasteiger partial charge in [-0.05, 0) is 49.9 Å². The number of carbonyl (C=O) groups is 2. The van der Waals surface area contributed by atoms with Crippen LogP contribution in [0.3, 0.4) is 0 Å². The lowest BCUT2D eigenvalue weighted by molar-refractivity contribution is -0.121. The molecule has 2 aromatic carbocycles. The van der Waals surface area contributed by atoms with Crippen LogP contribution >= 0.6 is 0 Å². The molecule has 3 rings (SSSR count). The number of nitrogens with one attached hydrogen (secondary N) is 1. The maximum atomic E-state index is 12.8. The van der Waals surface area contributed by atoms with Gasteiger partial charge in [0.2, 0.25) is 5.91 Å². The third kappa shape index (κ3) is 4.13. The van der Waals surface area contributed by atoms with E-state index in [2.05, 4.69) is 12.2 Å². The Morgan fingerprint density at radius 1 is 1.15 bits per heavy atom. The minimum atomic E-state index is -0.164. The lowest BCUT2D eigenvalue weighted by Crippen LogP contribution is -2.43. The van der Waals surface area contributed by atoms with E-state index in [0.717, 1.165) is 36.1 Å². The van der Waals surface area contributed by atoms with E-state index in [0.29, 0.717) is 18.7 Å². The summed E-state index contributed by atoms with van der Waals surface area (Å²) in [4.78, 5) is 27.3. The molecule has 0 spiro atoms. The summed E-state index contributed by atoms with van der Waals surface area (Å²) in [5.74, 6) is -0.143. The summed E-state index contributed by atoms with van der Waals surface area (Å²) in [6, 6.07) is 15.5. The van der Waals surface area contributed by atoms with Gasteiger partial charge in [-0.15, -0.1) is 0 Å². The van der Waals surface area contributed by atoms with E-state index in [9.17, 15) is 9.59 Å². The number of carbonyl (C=O) groups excluding carboxylic acids is 2. The number of aryl methyl sites for hydroxylation is 2. The molecule has 1 saturated heterocycles. The number of hydrogen-bond acceptors (Lipinski definition) is 2. The number of rotatable bonds is 4. The molecule has 1 aliphatic heterocycles. The average molecular weight is 350 g/mol. The van der Waals surface area contributed by atoms with Gasteiger partial charge in [0.25, 0.3) is 5.91 Å². The standard InChI is InChI=1S/C22H26N2O2/c1-3-17-9-4-5-12-20(17)23-21(25)19-11-7-13-24(15-19)22(26)18-10-6-8-16(2)14-18/h4-6,8-10,12,14,19H,3,7,11,13,15H2,1-2H3,(H,23,25). The fourth-order valence-corrected chi connectivity index (χ4v) is 3.52. The Balaban J connectivity index is 1.68. The van der Waals surface area contributed by atoms with Gasteiger partial charge in [0.05, 0.1) is 5.92 Å². The lowest BCUT2D eigenvalue weighted by atomic mass is 9.96. The van der Waals surface area contributed by atoms with Crippen LogP contribution in [-0.2, 0) is 11.2 Å². The Bertz CT molecular complexity index is 800. The summed E-state index contributed by atoms with van der Waals surface area (Å²) in [6.45, 7) is 5.25. The second kappa shape index (κ2) is 8.17. The van der Waals surface area contributed by atoms with Crippen molar-refractivity contribution in [2.24, 2.45) is 5.92 Å². The van der Waals surface area contributed by atoms with E-state index in [4.69, 9.17) is 0 Å². The van der Waals surface area contributed by atoms with Gasteiger partial charge in [-0.1, -0.05) is 42.8 Å². The topological polar surface area (TPSA) is 49.4 Å². The minimum absolute atomic E-state index is 0.00708. The molecule has 0 bridgehead atoms. The van der Waals surface area contributed by atoms with Crippen LogP contribution in [0.2, 0.25) is 0 Å². The molecule has 0 aromatic heterocycles. The highest BCUT2D eigenvalue weighted by atomic mass is 16.2. The Hall–Kier alpha value is -2.62. The molecule has 2 amide bonds. The number of para-hydroxylation sites is 1. The quantitative estimate of drug-likeness (QED) is 0.904. The predicted octanol–water partition coefficient (Wildman–Crippen LogP) is 4.05. The molecular weight excluding hydrogens is 324 g/mol. The van der Waals surface area contributed by atoms with Crippen molar-refractivity contribution in [3.8, 4) is 0 Å². The maximum Gasteiger partial charge on any atom is 0.253 e. The number of nitrogens with zero attached hydrogens (tertiary/aromatic N) is 1. The van der Waals surface area contributed by atoms with Crippen LogP contribution in [-0.4, -0.2) is 29.8 Å². The van der Waals surface area contributed by atoms with Crippen molar-refractivity contribution in [1.29, 1.82) is 0 Å². The normalized spacial score (nSPS) is 17.0. The van der Waals surface area contributed by atoms with Crippen LogP contribution in [0.1, 0.15) is 41.3 Å². The largest absolute Gasteiger partial charge is 0.338 e. The first kappa shape index (κ1) is 18.2. The molecule has 136 valence electrons. The molecule has 1 aliphatic rings. The fraction of sp³-hybridized carbons (Fsp3) is 0.364. The van der Waals surface area contributed by atoms with E-state index in [-0.39, 0.29) is 17.7 Å². The summed E-state index contributed by atoms with van der Waals surface area (Å²) < 4.78 is 0. The second-order valence-corrected chi connectivity index (χ2v) is 6.96. The Labute approximate surface area is 155 Å². The number of anilines is 1. The van der Waals surface area contributed by atoms with Gasteiger partial charge in [-0.25, -0.2) is 0 Å². The fourth-order valence-electron chi connectivity index (χ4n) is 3.52. The zero-order valence-corrected chi connectivity index (χ0v) is 15.5. The average Bonchev–Trinajstić information content (AvgIpc) is 2.68. The van der Waals surface area contributed by atoms with Crippen LogP contribution in [0.25, 0.3) is 0 Å².